The second-order valence-corrected chi connectivity index (χ2v) is 6.39. The first-order valence-corrected chi connectivity index (χ1v) is 8.59. The fourth-order valence-electron chi connectivity index (χ4n) is 2.64. The van der Waals surface area contributed by atoms with E-state index in [1.165, 1.54) is 0 Å². The van der Waals surface area contributed by atoms with Crippen LogP contribution in [-0.4, -0.2) is 20.2 Å². The Hall–Kier alpha value is -3.12. The zero-order chi connectivity index (χ0) is 17.9. The molecule has 0 amide bonds. The van der Waals surface area contributed by atoms with E-state index in [0.29, 0.717) is 18.3 Å². The Morgan fingerprint density at radius 2 is 1.85 bits per heavy atom. The SMILES string of the molecule is Cc1cc(Nc2nc(NCc3ccc(Cl)cc3)nc3ccccc23)n[nH]1. The first-order valence-electron chi connectivity index (χ1n) is 8.21. The molecule has 0 radical (unpaired) electrons. The molecule has 0 aliphatic heterocycles. The maximum Gasteiger partial charge on any atom is 0.225 e. The zero-order valence-corrected chi connectivity index (χ0v) is 14.9. The molecule has 2 aromatic heterocycles. The van der Waals surface area contributed by atoms with E-state index in [9.17, 15) is 0 Å². The smallest absolute Gasteiger partial charge is 0.225 e. The number of aromatic amines is 1. The lowest BCUT2D eigenvalue weighted by Crippen LogP contribution is -2.06. The highest BCUT2D eigenvalue weighted by Crippen LogP contribution is 2.24. The lowest BCUT2D eigenvalue weighted by molar-refractivity contribution is 1.04. The molecular formula is C19H17ClN6. The molecule has 0 aliphatic carbocycles. The zero-order valence-electron chi connectivity index (χ0n) is 14.1. The van der Waals surface area contributed by atoms with Crippen LogP contribution in [0.3, 0.4) is 0 Å². The average Bonchev–Trinajstić information content (AvgIpc) is 3.06. The summed E-state index contributed by atoms with van der Waals surface area (Å²) in [5, 5.41) is 15.3. The third kappa shape index (κ3) is 3.60. The van der Waals surface area contributed by atoms with Crippen molar-refractivity contribution in [3.63, 3.8) is 0 Å². The van der Waals surface area contributed by atoms with Gasteiger partial charge >= 0.3 is 0 Å². The van der Waals surface area contributed by atoms with Gasteiger partial charge in [-0.15, -0.1) is 0 Å². The number of anilines is 3. The molecule has 130 valence electrons. The number of hydrogen-bond acceptors (Lipinski definition) is 5. The van der Waals surface area contributed by atoms with Crippen LogP contribution >= 0.6 is 11.6 Å². The topological polar surface area (TPSA) is 78.5 Å². The maximum atomic E-state index is 5.93. The monoisotopic (exact) mass is 364 g/mol. The molecule has 3 N–H and O–H groups in total. The Balaban J connectivity index is 1.63. The highest BCUT2D eigenvalue weighted by molar-refractivity contribution is 6.30. The van der Waals surface area contributed by atoms with Crippen LogP contribution in [0.25, 0.3) is 10.9 Å². The Labute approximate surface area is 155 Å². The van der Waals surface area contributed by atoms with Gasteiger partial charge in [-0.25, -0.2) is 4.98 Å². The van der Waals surface area contributed by atoms with Crippen molar-refractivity contribution in [3.8, 4) is 0 Å². The van der Waals surface area contributed by atoms with Crippen LogP contribution in [0.15, 0.2) is 54.6 Å². The molecule has 0 spiro atoms. The highest BCUT2D eigenvalue weighted by atomic mass is 35.5. The van der Waals surface area contributed by atoms with Gasteiger partial charge in [-0.2, -0.15) is 10.1 Å². The Kier molecular flexibility index (Phi) is 4.41. The minimum Gasteiger partial charge on any atom is -0.350 e. The van der Waals surface area contributed by atoms with Crippen molar-refractivity contribution in [1.82, 2.24) is 20.2 Å². The maximum absolute atomic E-state index is 5.93. The molecule has 0 fully saturated rings. The summed E-state index contributed by atoms with van der Waals surface area (Å²) in [5.41, 5.74) is 2.94. The van der Waals surface area contributed by atoms with Crippen molar-refractivity contribution in [3.05, 3.63) is 70.9 Å². The van der Waals surface area contributed by atoms with E-state index in [2.05, 4.69) is 30.8 Å². The molecular weight excluding hydrogens is 348 g/mol. The van der Waals surface area contributed by atoms with Crippen molar-refractivity contribution >= 4 is 40.1 Å². The Bertz CT molecular complexity index is 1040. The number of para-hydroxylation sites is 1. The summed E-state index contributed by atoms with van der Waals surface area (Å²) in [7, 11) is 0. The van der Waals surface area contributed by atoms with Gasteiger partial charge in [0, 0.05) is 28.7 Å². The molecule has 0 unspecified atom stereocenters. The normalized spacial score (nSPS) is 10.8. The highest BCUT2D eigenvalue weighted by Gasteiger charge is 2.09. The number of hydrogen-bond donors (Lipinski definition) is 3. The number of halogens is 1. The third-order valence-electron chi connectivity index (χ3n) is 3.92. The molecule has 7 heteroatoms. The van der Waals surface area contributed by atoms with E-state index >= 15 is 0 Å². The van der Waals surface area contributed by atoms with Gasteiger partial charge in [-0.1, -0.05) is 35.9 Å². The first kappa shape index (κ1) is 16.4. The quantitative estimate of drug-likeness (QED) is 0.479. The van der Waals surface area contributed by atoms with Gasteiger partial charge < -0.3 is 10.6 Å². The molecule has 0 aliphatic rings. The van der Waals surface area contributed by atoms with E-state index in [4.69, 9.17) is 11.6 Å². The van der Waals surface area contributed by atoms with Crippen molar-refractivity contribution in [2.75, 3.05) is 10.6 Å². The largest absolute Gasteiger partial charge is 0.350 e. The van der Waals surface area contributed by atoms with E-state index in [1.807, 2.05) is 61.5 Å². The first-order chi connectivity index (χ1) is 12.7. The van der Waals surface area contributed by atoms with Crippen molar-refractivity contribution in [2.24, 2.45) is 0 Å². The molecule has 2 aromatic carbocycles. The van der Waals surface area contributed by atoms with Crippen molar-refractivity contribution < 1.29 is 0 Å². The van der Waals surface area contributed by atoms with Gasteiger partial charge in [-0.3, -0.25) is 5.10 Å². The predicted octanol–water partition coefficient (Wildman–Crippen LogP) is 4.67. The number of rotatable bonds is 5. The Morgan fingerprint density at radius 1 is 1.04 bits per heavy atom. The summed E-state index contributed by atoms with van der Waals surface area (Å²) in [5.74, 6) is 1.98. The van der Waals surface area contributed by atoms with E-state index in [1.54, 1.807) is 0 Å². The van der Waals surface area contributed by atoms with Crippen LogP contribution in [-0.2, 0) is 6.54 Å². The van der Waals surface area contributed by atoms with Crippen molar-refractivity contribution in [1.29, 1.82) is 0 Å². The van der Waals surface area contributed by atoms with Gasteiger partial charge in [0.2, 0.25) is 5.95 Å². The van der Waals surface area contributed by atoms with Crippen LogP contribution in [0.1, 0.15) is 11.3 Å². The standard InChI is InChI=1S/C19H17ClN6/c1-12-10-17(26-25-12)23-18-15-4-2-3-5-16(15)22-19(24-18)21-11-13-6-8-14(20)9-7-13/h2-10H,11H2,1H3,(H3,21,22,23,24,25,26). The summed E-state index contributed by atoms with van der Waals surface area (Å²) < 4.78 is 0. The number of fused-ring (bicyclic) bond motifs is 1. The van der Waals surface area contributed by atoms with E-state index in [-0.39, 0.29) is 0 Å². The van der Waals surface area contributed by atoms with Crippen LogP contribution < -0.4 is 10.6 Å². The minimum absolute atomic E-state index is 0.549. The summed E-state index contributed by atoms with van der Waals surface area (Å²) in [6.07, 6.45) is 0. The number of aryl methyl sites for hydroxylation is 1. The van der Waals surface area contributed by atoms with Gasteiger partial charge in [0.15, 0.2) is 5.82 Å². The van der Waals surface area contributed by atoms with Crippen molar-refractivity contribution in [2.45, 2.75) is 13.5 Å². The van der Waals surface area contributed by atoms with Gasteiger partial charge in [0.05, 0.1) is 5.52 Å². The van der Waals surface area contributed by atoms with E-state index in [0.717, 1.165) is 33.0 Å². The molecule has 26 heavy (non-hydrogen) atoms. The lowest BCUT2D eigenvalue weighted by atomic mass is 10.2. The minimum atomic E-state index is 0.549. The van der Waals surface area contributed by atoms with Crippen LogP contribution in [0.2, 0.25) is 5.02 Å². The number of benzene rings is 2. The summed E-state index contributed by atoms with van der Waals surface area (Å²) in [6.45, 7) is 2.56. The average molecular weight is 365 g/mol. The number of nitrogens with one attached hydrogen (secondary N) is 3. The molecule has 0 saturated carbocycles. The molecule has 0 atom stereocenters. The molecule has 0 saturated heterocycles. The van der Waals surface area contributed by atoms with Gasteiger partial charge in [0.25, 0.3) is 0 Å². The predicted molar refractivity (Wildman–Crippen MR) is 105 cm³/mol. The summed E-state index contributed by atoms with van der Waals surface area (Å²) in [6, 6.07) is 17.5. The molecule has 4 aromatic rings. The number of H-pyrrole nitrogens is 1. The molecule has 0 bridgehead atoms. The second-order valence-electron chi connectivity index (χ2n) is 5.95. The summed E-state index contributed by atoms with van der Waals surface area (Å²) in [4.78, 5) is 9.22. The molecule has 2 heterocycles. The van der Waals surface area contributed by atoms with E-state index < -0.39 is 0 Å². The number of nitrogens with zero attached hydrogens (tertiary/aromatic N) is 3. The molecule has 4 rings (SSSR count). The van der Waals surface area contributed by atoms with Crippen LogP contribution in [0.4, 0.5) is 17.6 Å². The fourth-order valence-corrected chi connectivity index (χ4v) is 2.76. The third-order valence-corrected chi connectivity index (χ3v) is 4.17. The second kappa shape index (κ2) is 7.01. The van der Waals surface area contributed by atoms with Crippen LogP contribution in [0, 0.1) is 6.92 Å². The van der Waals surface area contributed by atoms with Gasteiger partial charge in [0.1, 0.15) is 5.82 Å². The fraction of sp³-hybridized carbons (Fsp3) is 0.105. The summed E-state index contributed by atoms with van der Waals surface area (Å²) >= 11 is 5.93. The Morgan fingerprint density at radius 3 is 2.62 bits per heavy atom. The number of aromatic nitrogens is 4. The molecule has 6 nitrogen and oxygen atoms in total. The van der Waals surface area contributed by atoms with Gasteiger partial charge in [-0.05, 0) is 36.8 Å². The van der Waals surface area contributed by atoms with Crippen LogP contribution in [0.5, 0.6) is 0 Å². The lowest BCUT2D eigenvalue weighted by Gasteiger charge is -2.10.